The predicted octanol–water partition coefficient (Wildman–Crippen LogP) is 3.75. The highest BCUT2D eigenvalue weighted by molar-refractivity contribution is 6.38. The molecule has 0 aliphatic carbocycles. The Morgan fingerprint density at radius 1 is 1.26 bits per heavy atom. The van der Waals surface area contributed by atoms with E-state index in [1.54, 1.807) is 0 Å². The molecule has 0 amide bonds. The number of nitrogens with two attached hydrogens (primary N) is 1. The topological polar surface area (TPSA) is 38.5 Å². The Hall–Kier alpha value is -0.480. The van der Waals surface area contributed by atoms with Crippen molar-refractivity contribution in [1.29, 1.82) is 0 Å². The fraction of sp³-hybridized carbons (Fsp3) is 0.571. The molecule has 3 nitrogen and oxygen atoms in total. The number of nitrogens with zero attached hydrogens (tertiary/aromatic N) is 1. The fourth-order valence-electron chi connectivity index (χ4n) is 2.25. The Morgan fingerprint density at radius 2 is 1.84 bits per heavy atom. The van der Waals surface area contributed by atoms with Gasteiger partial charge in [-0.05, 0) is 38.5 Å². The average Bonchev–Trinajstić information content (AvgIpc) is 2.34. The van der Waals surface area contributed by atoms with Crippen LogP contribution in [0.1, 0.15) is 32.4 Å². The SMILES string of the molecule is CC(C)(C)N1CCOC(c2cc(Cl)c(N)c(Cl)c2)C1. The molecular weight excluding hydrogens is 283 g/mol. The smallest absolute Gasteiger partial charge is 0.0953 e. The van der Waals surface area contributed by atoms with Gasteiger partial charge in [-0.2, -0.15) is 0 Å². The zero-order valence-electron chi connectivity index (χ0n) is 11.5. The van der Waals surface area contributed by atoms with E-state index in [-0.39, 0.29) is 11.6 Å². The Balaban J connectivity index is 2.22. The number of halogens is 2. The first kappa shape index (κ1) is 14.9. The number of hydrogen-bond acceptors (Lipinski definition) is 3. The quantitative estimate of drug-likeness (QED) is 0.803. The van der Waals surface area contributed by atoms with Gasteiger partial charge in [-0.1, -0.05) is 23.2 Å². The van der Waals surface area contributed by atoms with Crippen molar-refractivity contribution < 1.29 is 4.74 Å². The zero-order chi connectivity index (χ0) is 14.2. The maximum Gasteiger partial charge on any atom is 0.0953 e. The highest BCUT2D eigenvalue weighted by Crippen LogP contribution is 2.34. The third-order valence-electron chi connectivity index (χ3n) is 3.49. The second kappa shape index (κ2) is 5.49. The summed E-state index contributed by atoms with van der Waals surface area (Å²) in [5.74, 6) is 0. The van der Waals surface area contributed by atoms with Crippen molar-refractivity contribution in [1.82, 2.24) is 4.90 Å². The van der Waals surface area contributed by atoms with Crippen molar-refractivity contribution in [2.24, 2.45) is 0 Å². The maximum atomic E-state index is 6.09. The molecule has 1 saturated heterocycles. The van der Waals surface area contributed by atoms with Gasteiger partial charge < -0.3 is 10.5 Å². The summed E-state index contributed by atoms with van der Waals surface area (Å²) in [4.78, 5) is 2.40. The first-order valence-electron chi connectivity index (χ1n) is 6.40. The molecule has 2 rings (SSSR count). The molecule has 0 bridgehead atoms. The summed E-state index contributed by atoms with van der Waals surface area (Å²) in [6.07, 6.45) is -0.0106. The highest BCUT2D eigenvalue weighted by Gasteiger charge is 2.29. The van der Waals surface area contributed by atoms with Gasteiger partial charge in [0.1, 0.15) is 0 Å². The van der Waals surface area contributed by atoms with Crippen LogP contribution in [0.2, 0.25) is 10.0 Å². The largest absolute Gasteiger partial charge is 0.396 e. The summed E-state index contributed by atoms with van der Waals surface area (Å²) in [7, 11) is 0. The van der Waals surface area contributed by atoms with E-state index in [0.29, 0.717) is 22.3 Å². The third kappa shape index (κ3) is 3.34. The van der Waals surface area contributed by atoms with Crippen molar-refractivity contribution in [2.45, 2.75) is 32.4 Å². The number of morpholine rings is 1. The van der Waals surface area contributed by atoms with Crippen LogP contribution in [0.25, 0.3) is 0 Å². The lowest BCUT2D eigenvalue weighted by Gasteiger charge is -2.41. The number of benzene rings is 1. The van der Waals surface area contributed by atoms with Crippen molar-refractivity contribution in [3.63, 3.8) is 0 Å². The maximum absolute atomic E-state index is 6.09. The molecule has 1 aromatic carbocycles. The molecule has 1 heterocycles. The minimum absolute atomic E-state index is 0.0106. The monoisotopic (exact) mass is 302 g/mol. The van der Waals surface area contributed by atoms with E-state index in [2.05, 4.69) is 25.7 Å². The van der Waals surface area contributed by atoms with Gasteiger partial charge in [-0.25, -0.2) is 0 Å². The molecule has 1 fully saturated rings. The third-order valence-corrected chi connectivity index (χ3v) is 4.11. The van der Waals surface area contributed by atoms with Gasteiger partial charge in [0.15, 0.2) is 0 Å². The molecule has 106 valence electrons. The van der Waals surface area contributed by atoms with Crippen LogP contribution in [0.15, 0.2) is 12.1 Å². The first-order chi connectivity index (χ1) is 8.79. The number of nitrogen functional groups attached to an aromatic ring is 1. The van der Waals surface area contributed by atoms with E-state index in [1.165, 1.54) is 0 Å². The van der Waals surface area contributed by atoms with E-state index in [4.69, 9.17) is 33.7 Å². The predicted molar refractivity (Wildman–Crippen MR) is 80.9 cm³/mol. The van der Waals surface area contributed by atoms with Crippen LogP contribution in [-0.4, -0.2) is 30.1 Å². The minimum atomic E-state index is -0.0106. The number of anilines is 1. The van der Waals surface area contributed by atoms with E-state index < -0.39 is 0 Å². The Morgan fingerprint density at radius 3 is 2.37 bits per heavy atom. The van der Waals surface area contributed by atoms with E-state index in [0.717, 1.165) is 18.7 Å². The Labute approximate surface area is 124 Å². The van der Waals surface area contributed by atoms with Gasteiger partial charge >= 0.3 is 0 Å². The molecule has 5 heteroatoms. The molecule has 1 atom stereocenters. The van der Waals surface area contributed by atoms with Crippen molar-refractivity contribution in [3.8, 4) is 0 Å². The lowest BCUT2D eigenvalue weighted by molar-refractivity contribution is -0.0596. The Kier molecular flexibility index (Phi) is 4.31. The lowest BCUT2D eigenvalue weighted by Crippen LogP contribution is -2.48. The second-order valence-corrected chi connectivity index (χ2v) is 6.69. The summed E-state index contributed by atoms with van der Waals surface area (Å²) in [6, 6.07) is 3.69. The molecule has 0 saturated carbocycles. The molecule has 0 spiro atoms. The van der Waals surface area contributed by atoms with Crippen molar-refractivity contribution in [3.05, 3.63) is 27.7 Å². The van der Waals surface area contributed by atoms with E-state index in [9.17, 15) is 0 Å². The van der Waals surface area contributed by atoms with Crippen LogP contribution in [0.3, 0.4) is 0 Å². The van der Waals surface area contributed by atoms with Crippen LogP contribution in [0.5, 0.6) is 0 Å². The average molecular weight is 303 g/mol. The van der Waals surface area contributed by atoms with Gasteiger partial charge in [0.25, 0.3) is 0 Å². The van der Waals surface area contributed by atoms with Crippen LogP contribution >= 0.6 is 23.2 Å². The van der Waals surface area contributed by atoms with E-state index in [1.807, 2.05) is 12.1 Å². The summed E-state index contributed by atoms with van der Waals surface area (Å²) in [5.41, 5.74) is 7.30. The molecular formula is C14H20Cl2N2O. The van der Waals surface area contributed by atoms with Gasteiger partial charge in [-0.3, -0.25) is 4.90 Å². The number of rotatable bonds is 1. The van der Waals surface area contributed by atoms with Gasteiger partial charge in [0.2, 0.25) is 0 Å². The summed E-state index contributed by atoms with van der Waals surface area (Å²) in [5, 5.41) is 0.970. The number of ether oxygens (including phenoxy) is 1. The summed E-state index contributed by atoms with van der Waals surface area (Å²) in [6.45, 7) is 9.10. The molecule has 19 heavy (non-hydrogen) atoms. The Bertz CT molecular complexity index is 448. The van der Waals surface area contributed by atoms with Crippen molar-refractivity contribution in [2.75, 3.05) is 25.4 Å². The fourth-order valence-corrected chi connectivity index (χ4v) is 2.75. The van der Waals surface area contributed by atoms with Gasteiger partial charge in [0.05, 0.1) is 28.4 Å². The normalized spacial score (nSPS) is 21.6. The van der Waals surface area contributed by atoms with Crippen LogP contribution in [-0.2, 0) is 4.74 Å². The standard InChI is InChI=1S/C14H20Cl2N2O/c1-14(2,3)18-4-5-19-12(8-18)9-6-10(15)13(17)11(16)7-9/h6-7,12H,4-5,8,17H2,1-3H3. The summed E-state index contributed by atoms with van der Waals surface area (Å²) < 4.78 is 5.84. The highest BCUT2D eigenvalue weighted by atomic mass is 35.5. The second-order valence-electron chi connectivity index (χ2n) is 5.87. The molecule has 0 radical (unpaired) electrons. The van der Waals surface area contributed by atoms with Gasteiger partial charge in [-0.15, -0.1) is 0 Å². The van der Waals surface area contributed by atoms with Crippen LogP contribution in [0.4, 0.5) is 5.69 Å². The molecule has 1 aliphatic rings. The number of hydrogen-bond donors (Lipinski definition) is 1. The van der Waals surface area contributed by atoms with Gasteiger partial charge in [0, 0.05) is 18.6 Å². The first-order valence-corrected chi connectivity index (χ1v) is 7.15. The lowest BCUT2D eigenvalue weighted by atomic mass is 10.0. The van der Waals surface area contributed by atoms with Crippen LogP contribution in [0, 0.1) is 0 Å². The molecule has 1 unspecified atom stereocenters. The molecule has 2 N–H and O–H groups in total. The van der Waals surface area contributed by atoms with Crippen molar-refractivity contribution >= 4 is 28.9 Å². The zero-order valence-corrected chi connectivity index (χ0v) is 13.1. The molecule has 1 aliphatic heterocycles. The minimum Gasteiger partial charge on any atom is -0.396 e. The van der Waals surface area contributed by atoms with E-state index >= 15 is 0 Å². The molecule has 1 aromatic rings. The summed E-state index contributed by atoms with van der Waals surface area (Å²) >= 11 is 12.2. The van der Waals surface area contributed by atoms with Crippen LogP contribution < -0.4 is 5.73 Å². The molecule has 0 aromatic heterocycles.